The Morgan fingerprint density at radius 1 is 1.56 bits per heavy atom. The van der Waals surface area contributed by atoms with Crippen LogP contribution in [0.25, 0.3) is 0 Å². The molecular formula is C7H14O2. The average molecular weight is 130 g/mol. The van der Waals surface area contributed by atoms with Crippen LogP contribution in [0.4, 0.5) is 0 Å². The summed E-state index contributed by atoms with van der Waals surface area (Å²) in [5, 5.41) is 8.48. The monoisotopic (exact) mass is 130 g/mol. The Balaban J connectivity index is 3.72. The lowest BCUT2D eigenvalue weighted by molar-refractivity contribution is -0.142. The van der Waals surface area contributed by atoms with Gasteiger partial charge in [0.15, 0.2) is 0 Å². The third kappa shape index (κ3) is 2.49. The molecule has 0 aliphatic heterocycles. The highest BCUT2D eigenvalue weighted by Gasteiger charge is 2.16. The van der Waals surface area contributed by atoms with Gasteiger partial charge in [0, 0.05) is 0 Å². The Bertz CT molecular complexity index is 99.1. The minimum absolute atomic E-state index is 0.199. The molecule has 0 radical (unpaired) electrons. The summed E-state index contributed by atoms with van der Waals surface area (Å²) in [7, 11) is 0. The molecule has 0 saturated carbocycles. The SMILES string of the molecule is CC[C@H](C)[C@@H](C)C(=O)O. The van der Waals surface area contributed by atoms with Crippen molar-refractivity contribution in [2.45, 2.75) is 27.2 Å². The normalized spacial score (nSPS) is 16.8. The summed E-state index contributed by atoms with van der Waals surface area (Å²) in [5.41, 5.74) is 0. The summed E-state index contributed by atoms with van der Waals surface area (Å²) >= 11 is 0. The summed E-state index contributed by atoms with van der Waals surface area (Å²) in [4.78, 5) is 10.3. The molecule has 0 aromatic rings. The lowest BCUT2D eigenvalue weighted by atomic mass is 9.94. The zero-order valence-electron chi connectivity index (χ0n) is 6.22. The summed E-state index contributed by atoms with van der Waals surface area (Å²) in [6.07, 6.45) is 0.938. The van der Waals surface area contributed by atoms with E-state index >= 15 is 0 Å². The van der Waals surface area contributed by atoms with Gasteiger partial charge in [-0.15, -0.1) is 0 Å². The summed E-state index contributed by atoms with van der Waals surface area (Å²) in [6, 6.07) is 0. The van der Waals surface area contributed by atoms with Gasteiger partial charge < -0.3 is 5.11 Å². The molecule has 0 amide bonds. The van der Waals surface area contributed by atoms with Crippen molar-refractivity contribution in [1.29, 1.82) is 0 Å². The van der Waals surface area contributed by atoms with Gasteiger partial charge in [0.25, 0.3) is 0 Å². The third-order valence-electron chi connectivity index (χ3n) is 1.89. The van der Waals surface area contributed by atoms with Gasteiger partial charge in [0.05, 0.1) is 5.92 Å². The van der Waals surface area contributed by atoms with E-state index in [1.807, 2.05) is 13.8 Å². The highest BCUT2D eigenvalue weighted by Crippen LogP contribution is 2.13. The molecule has 2 heteroatoms. The highest BCUT2D eigenvalue weighted by molar-refractivity contribution is 5.69. The molecule has 0 saturated heterocycles. The van der Waals surface area contributed by atoms with Gasteiger partial charge in [0.1, 0.15) is 0 Å². The summed E-state index contributed by atoms with van der Waals surface area (Å²) < 4.78 is 0. The number of carbonyl (C=O) groups is 1. The number of carboxylic acid groups (broad SMARTS) is 1. The molecule has 0 aromatic heterocycles. The topological polar surface area (TPSA) is 37.3 Å². The molecule has 0 unspecified atom stereocenters. The maximum absolute atomic E-state index is 10.3. The van der Waals surface area contributed by atoms with Crippen molar-refractivity contribution in [1.82, 2.24) is 0 Å². The average Bonchev–Trinajstić information content (AvgIpc) is 1.84. The van der Waals surface area contributed by atoms with Crippen LogP contribution in [-0.4, -0.2) is 11.1 Å². The van der Waals surface area contributed by atoms with Crippen LogP contribution in [0, 0.1) is 11.8 Å². The fourth-order valence-electron chi connectivity index (χ4n) is 0.597. The Hall–Kier alpha value is -0.530. The zero-order valence-corrected chi connectivity index (χ0v) is 6.22. The van der Waals surface area contributed by atoms with E-state index in [9.17, 15) is 4.79 Å². The maximum atomic E-state index is 10.3. The molecule has 54 valence electrons. The van der Waals surface area contributed by atoms with Crippen LogP contribution in [0.15, 0.2) is 0 Å². The first-order valence-electron chi connectivity index (χ1n) is 3.32. The molecule has 0 aliphatic carbocycles. The molecule has 0 aliphatic rings. The van der Waals surface area contributed by atoms with E-state index in [4.69, 9.17) is 5.11 Å². The van der Waals surface area contributed by atoms with Gasteiger partial charge in [0.2, 0.25) is 0 Å². The molecule has 9 heavy (non-hydrogen) atoms. The van der Waals surface area contributed by atoms with Crippen LogP contribution < -0.4 is 0 Å². The van der Waals surface area contributed by atoms with Crippen molar-refractivity contribution in [2.24, 2.45) is 11.8 Å². The van der Waals surface area contributed by atoms with E-state index in [2.05, 4.69) is 0 Å². The van der Waals surface area contributed by atoms with Crippen molar-refractivity contribution < 1.29 is 9.90 Å². The van der Waals surface area contributed by atoms with E-state index in [1.165, 1.54) is 0 Å². The lowest BCUT2D eigenvalue weighted by Crippen LogP contribution is -2.17. The number of hydrogen-bond acceptors (Lipinski definition) is 1. The van der Waals surface area contributed by atoms with Crippen molar-refractivity contribution in [2.75, 3.05) is 0 Å². The van der Waals surface area contributed by atoms with E-state index < -0.39 is 5.97 Å². The summed E-state index contributed by atoms with van der Waals surface area (Å²) in [5.74, 6) is -0.596. The van der Waals surface area contributed by atoms with Gasteiger partial charge in [-0.2, -0.15) is 0 Å². The second kappa shape index (κ2) is 3.49. The smallest absolute Gasteiger partial charge is 0.306 e. The van der Waals surface area contributed by atoms with Crippen LogP contribution in [0.2, 0.25) is 0 Å². The zero-order chi connectivity index (χ0) is 7.44. The standard InChI is InChI=1S/C7H14O2/c1-4-5(2)6(3)7(8)9/h5-6H,4H2,1-3H3,(H,8,9)/t5-,6+/m0/s1. The molecule has 2 nitrogen and oxygen atoms in total. The maximum Gasteiger partial charge on any atom is 0.306 e. The molecule has 0 bridgehead atoms. The van der Waals surface area contributed by atoms with Gasteiger partial charge in [-0.05, 0) is 5.92 Å². The fraction of sp³-hybridized carbons (Fsp3) is 0.857. The van der Waals surface area contributed by atoms with Crippen molar-refractivity contribution in [3.05, 3.63) is 0 Å². The van der Waals surface area contributed by atoms with Crippen molar-refractivity contribution >= 4 is 5.97 Å². The van der Waals surface area contributed by atoms with Crippen molar-refractivity contribution in [3.63, 3.8) is 0 Å². The van der Waals surface area contributed by atoms with Gasteiger partial charge in [-0.3, -0.25) is 4.79 Å². The lowest BCUT2D eigenvalue weighted by Gasteiger charge is -2.11. The number of hydrogen-bond donors (Lipinski definition) is 1. The minimum atomic E-state index is -0.690. The van der Waals surface area contributed by atoms with E-state index in [0.29, 0.717) is 5.92 Å². The first-order valence-corrected chi connectivity index (χ1v) is 3.32. The second-order valence-corrected chi connectivity index (χ2v) is 2.51. The number of aliphatic carboxylic acids is 1. The van der Waals surface area contributed by atoms with Crippen LogP contribution in [0.1, 0.15) is 27.2 Å². The Morgan fingerprint density at radius 2 is 2.00 bits per heavy atom. The summed E-state index contributed by atoms with van der Waals surface area (Å²) in [6.45, 7) is 5.71. The molecular weight excluding hydrogens is 116 g/mol. The molecule has 0 spiro atoms. The highest BCUT2D eigenvalue weighted by atomic mass is 16.4. The molecule has 0 rings (SSSR count). The largest absolute Gasteiger partial charge is 0.481 e. The Kier molecular flexibility index (Phi) is 3.28. The Morgan fingerprint density at radius 3 is 2.11 bits per heavy atom. The third-order valence-corrected chi connectivity index (χ3v) is 1.89. The second-order valence-electron chi connectivity index (χ2n) is 2.51. The van der Waals surface area contributed by atoms with Gasteiger partial charge in [-0.25, -0.2) is 0 Å². The quantitative estimate of drug-likeness (QED) is 0.632. The predicted octanol–water partition coefficient (Wildman–Crippen LogP) is 1.75. The van der Waals surface area contributed by atoms with Gasteiger partial charge >= 0.3 is 5.97 Å². The first-order chi connectivity index (χ1) is 4.09. The van der Waals surface area contributed by atoms with E-state index in [-0.39, 0.29) is 5.92 Å². The van der Waals surface area contributed by atoms with Gasteiger partial charge in [-0.1, -0.05) is 27.2 Å². The first kappa shape index (κ1) is 8.47. The van der Waals surface area contributed by atoms with Crippen molar-refractivity contribution in [3.8, 4) is 0 Å². The predicted molar refractivity (Wildman–Crippen MR) is 36.3 cm³/mol. The number of carboxylic acids is 1. The molecule has 1 N–H and O–H groups in total. The minimum Gasteiger partial charge on any atom is -0.481 e. The van der Waals surface area contributed by atoms with Crippen LogP contribution in [0.3, 0.4) is 0 Å². The van der Waals surface area contributed by atoms with Crippen LogP contribution in [0.5, 0.6) is 0 Å². The number of rotatable bonds is 3. The van der Waals surface area contributed by atoms with E-state index in [0.717, 1.165) is 6.42 Å². The van der Waals surface area contributed by atoms with Crippen LogP contribution >= 0.6 is 0 Å². The molecule has 0 heterocycles. The van der Waals surface area contributed by atoms with Crippen LogP contribution in [-0.2, 0) is 4.79 Å². The molecule has 2 atom stereocenters. The fourth-order valence-corrected chi connectivity index (χ4v) is 0.597. The molecule has 0 aromatic carbocycles. The molecule has 0 fully saturated rings. The Labute approximate surface area is 55.9 Å². The van der Waals surface area contributed by atoms with E-state index in [1.54, 1.807) is 6.92 Å².